The third-order valence-electron chi connectivity index (χ3n) is 7.81. The van der Waals surface area contributed by atoms with Gasteiger partial charge in [0.05, 0.1) is 28.8 Å². The summed E-state index contributed by atoms with van der Waals surface area (Å²) in [5, 5.41) is 3.31. The molecule has 3 amide bonds. The molecule has 4 aliphatic rings. The summed E-state index contributed by atoms with van der Waals surface area (Å²) in [7, 11) is 0. The van der Waals surface area contributed by atoms with E-state index in [0.717, 1.165) is 12.1 Å². The molecule has 0 aliphatic carbocycles. The zero-order valence-corrected chi connectivity index (χ0v) is 18.7. The molecule has 3 fully saturated rings. The molecule has 3 saturated heterocycles. The zero-order valence-electron chi connectivity index (χ0n) is 17.9. The van der Waals surface area contributed by atoms with E-state index in [2.05, 4.69) is 5.32 Å². The van der Waals surface area contributed by atoms with Crippen molar-refractivity contribution in [1.82, 2.24) is 4.90 Å². The molecule has 10 heteroatoms. The lowest BCUT2D eigenvalue weighted by molar-refractivity contribution is -0.138. The van der Waals surface area contributed by atoms with E-state index in [1.165, 1.54) is 12.1 Å². The molecule has 4 heterocycles. The van der Waals surface area contributed by atoms with Gasteiger partial charge in [0.1, 0.15) is 5.54 Å². The fourth-order valence-corrected chi connectivity index (χ4v) is 6.69. The molecule has 1 N–H and O–H groups in total. The Bertz CT molecular complexity index is 1300. The van der Waals surface area contributed by atoms with Crippen molar-refractivity contribution >= 4 is 40.7 Å². The summed E-state index contributed by atoms with van der Waals surface area (Å²) in [5.74, 6) is -3.96. The molecule has 0 radical (unpaired) electrons. The van der Waals surface area contributed by atoms with E-state index in [4.69, 9.17) is 11.6 Å². The van der Waals surface area contributed by atoms with E-state index in [0.29, 0.717) is 46.1 Å². The van der Waals surface area contributed by atoms with Crippen LogP contribution in [0.4, 0.5) is 24.5 Å². The molecule has 4 aliphatic heterocycles. The molecule has 6 nitrogen and oxygen atoms in total. The summed E-state index contributed by atoms with van der Waals surface area (Å²) in [5.41, 5.74) is -1.34. The summed E-state index contributed by atoms with van der Waals surface area (Å²) in [6, 6.07) is 7.47. The standard InChI is InChI=1S/C24H19ClF3N3O3/c1-11-14(25)9-8-13-19(11)29-22(34)23(13)18-17(16-7-4-10-30(16)23)20(32)31(21(18)33)15-6-3-2-5-12(15)24(26,27)28/h2-3,5-6,8-9,16-18H,4,7,10H2,1H3,(H,29,34)/t16-,17-,18+,23+/m1/s1. The second kappa shape index (κ2) is 6.82. The van der Waals surface area contributed by atoms with Crippen LogP contribution < -0.4 is 10.2 Å². The first-order chi connectivity index (χ1) is 16.1. The van der Waals surface area contributed by atoms with Crippen LogP contribution in [0.2, 0.25) is 5.02 Å². The first-order valence-electron chi connectivity index (χ1n) is 11.0. The summed E-state index contributed by atoms with van der Waals surface area (Å²) < 4.78 is 41.3. The fraction of sp³-hybridized carbons (Fsp3) is 0.375. The predicted molar refractivity (Wildman–Crippen MR) is 117 cm³/mol. The van der Waals surface area contributed by atoms with Gasteiger partial charge in [-0.05, 0) is 50.1 Å². The van der Waals surface area contributed by atoms with Crippen LogP contribution in [-0.4, -0.2) is 35.2 Å². The number of benzene rings is 2. The summed E-state index contributed by atoms with van der Waals surface area (Å²) in [4.78, 5) is 43.8. The van der Waals surface area contributed by atoms with Gasteiger partial charge in [0.25, 0.3) is 0 Å². The van der Waals surface area contributed by atoms with Crippen LogP contribution in [0.1, 0.15) is 29.5 Å². The van der Waals surface area contributed by atoms with Gasteiger partial charge in [0, 0.05) is 16.6 Å². The lowest BCUT2D eigenvalue weighted by Crippen LogP contribution is -2.54. The topological polar surface area (TPSA) is 69.7 Å². The summed E-state index contributed by atoms with van der Waals surface area (Å²) >= 11 is 6.27. The Morgan fingerprint density at radius 3 is 2.56 bits per heavy atom. The highest BCUT2D eigenvalue weighted by atomic mass is 35.5. The van der Waals surface area contributed by atoms with Crippen molar-refractivity contribution < 1.29 is 27.6 Å². The Labute approximate surface area is 197 Å². The van der Waals surface area contributed by atoms with E-state index in [9.17, 15) is 27.6 Å². The average molecular weight is 490 g/mol. The van der Waals surface area contributed by atoms with Crippen molar-refractivity contribution in [2.24, 2.45) is 11.8 Å². The normalized spacial score (nSPS) is 30.2. The number of anilines is 2. The Morgan fingerprint density at radius 1 is 1.09 bits per heavy atom. The molecule has 0 unspecified atom stereocenters. The maximum atomic E-state index is 13.9. The highest BCUT2D eigenvalue weighted by Crippen LogP contribution is 2.61. The number of carbonyl (C=O) groups excluding carboxylic acids is 3. The van der Waals surface area contributed by atoms with Crippen molar-refractivity contribution in [3.8, 4) is 0 Å². The van der Waals surface area contributed by atoms with Gasteiger partial charge in [-0.1, -0.05) is 29.8 Å². The number of imide groups is 1. The first-order valence-corrected chi connectivity index (χ1v) is 11.4. The van der Waals surface area contributed by atoms with E-state index in [1.807, 2.05) is 4.90 Å². The van der Waals surface area contributed by atoms with Gasteiger partial charge < -0.3 is 5.32 Å². The van der Waals surface area contributed by atoms with Crippen LogP contribution in [0, 0.1) is 18.8 Å². The number of alkyl halides is 3. The molecule has 0 bridgehead atoms. The van der Waals surface area contributed by atoms with Gasteiger partial charge >= 0.3 is 6.18 Å². The minimum absolute atomic E-state index is 0.419. The third-order valence-corrected chi connectivity index (χ3v) is 8.22. The maximum Gasteiger partial charge on any atom is 0.418 e. The largest absolute Gasteiger partial charge is 0.418 e. The van der Waals surface area contributed by atoms with E-state index in [-0.39, 0.29) is 0 Å². The highest BCUT2D eigenvalue weighted by molar-refractivity contribution is 6.32. The number of rotatable bonds is 1. The number of nitrogens with zero attached hydrogens (tertiary/aromatic N) is 2. The van der Waals surface area contributed by atoms with Crippen LogP contribution >= 0.6 is 11.6 Å². The minimum atomic E-state index is -4.75. The molecule has 1 spiro atoms. The lowest BCUT2D eigenvalue weighted by Gasteiger charge is -2.37. The third kappa shape index (κ3) is 2.43. The smallest absolute Gasteiger partial charge is 0.324 e. The van der Waals surface area contributed by atoms with Gasteiger partial charge in [0.2, 0.25) is 17.7 Å². The first kappa shape index (κ1) is 21.6. The van der Waals surface area contributed by atoms with Crippen LogP contribution in [0.15, 0.2) is 36.4 Å². The van der Waals surface area contributed by atoms with Gasteiger partial charge in [-0.15, -0.1) is 0 Å². The van der Waals surface area contributed by atoms with E-state index < -0.39 is 58.6 Å². The maximum absolute atomic E-state index is 13.9. The van der Waals surface area contributed by atoms with Crippen molar-refractivity contribution in [1.29, 1.82) is 0 Å². The molecule has 2 aromatic carbocycles. The monoisotopic (exact) mass is 489 g/mol. The van der Waals surface area contributed by atoms with Gasteiger partial charge in [-0.3, -0.25) is 19.3 Å². The Morgan fingerprint density at radius 2 is 1.82 bits per heavy atom. The predicted octanol–water partition coefficient (Wildman–Crippen LogP) is 4.10. The molecule has 2 aromatic rings. The highest BCUT2D eigenvalue weighted by Gasteiger charge is 2.75. The second-order valence-electron chi connectivity index (χ2n) is 9.25. The van der Waals surface area contributed by atoms with Crippen molar-refractivity contribution in [2.75, 3.05) is 16.8 Å². The molecular weight excluding hydrogens is 471 g/mol. The molecule has 0 aromatic heterocycles. The van der Waals surface area contributed by atoms with Gasteiger partial charge in [-0.25, -0.2) is 4.90 Å². The Kier molecular flexibility index (Phi) is 4.34. The van der Waals surface area contributed by atoms with E-state index in [1.54, 1.807) is 19.1 Å². The van der Waals surface area contributed by atoms with E-state index >= 15 is 0 Å². The number of hydrogen-bond donors (Lipinski definition) is 1. The number of nitrogens with one attached hydrogen (secondary N) is 1. The quantitative estimate of drug-likeness (QED) is 0.612. The molecular formula is C24H19ClF3N3O3. The number of hydrogen-bond acceptors (Lipinski definition) is 4. The number of fused-ring (bicyclic) bond motifs is 7. The molecule has 34 heavy (non-hydrogen) atoms. The summed E-state index contributed by atoms with van der Waals surface area (Å²) in [6.45, 7) is 2.26. The summed E-state index contributed by atoms with van der Waals surface area (Å²) in [6.07, 6.45) is -3.46. The zero-order chi connectivity index (χ0) is 24.2. The van der Waals surface area contributed by atoms with Crippen LogP contribution in [0.25, 0.3) is 0 Å². The van der Waals surface area contributed by atoms with Crippen LogP contribution in [0.5, 0.6) is 0 Å². The number of amides is 3. The second-order valence-corrected chi connectivity index (χ2v) is 9.66. The Hall–Kier alpha value is -2.91. The molecule has 176 valence electrons. The minimum Gasteiger partial charge on any atom is -0.324 e. The van der Waals surface area contributed by atoms with Crippen molar-refractivity contribution in [3.63, 3.8) is 0 Å². The number of carbonyl (C=O) groups is 3. The average Bonchev–Trinajstić information content (AvgIpc) is 3.49. The van der Waals surface area contributed by atoms with Gasteiger partial charge in [0.15, 0.2) is 0 Å². The SMILES string of the molecule is Cc1c(Cl)ccc2c1NC(=O)[C@@]21[C@@H]2C(=O)N(c3ccccc3C(F)(F)F)C(=O)[C@@H]2[C@H]2CCCN21. The van der Waals surface area contributed by atoms with Crippen LogP contribution in [0.3, 0.4) is 0 Å². The Balaban J connectivity index is 1.57. The number of halogens is 4. The van der Waals surface area contributed by atoms with Gasteiger partial charge in [-0.2, -0.15) is 13.2 Å². The number of para-hydroxylation sites is 1. The molecule has 6 rings (SSSR count). The fourth-order valence-electron chi connectivity index (χ4n) is 6.54. The molecule has 0 saturated carbocycles. The van der Waals surface area contributed by atoms with Crippen molar-refractivity contribution in [2.45, 2.75) is 37.5 Å². The lowest BCUT2D eigenvalue weighted by atomic mass is 9.75. The van der Waals surface area contributed by atoms with Crippen molar-refractivity contribution in [3.05, 3.63) is 58.1 Å². The van der Waals surface area contributed by atoms with Crippen LogP contribution in [-0.2, 0) is 26.1 Å². The molecule has 4 atom stereocenters.